The van der Waals surface area contributed by atoms with E-state index in [1.165, 1.54) is 23.9 Å². The number of imidazole rings is 1. The Morgan fingerprint density at radius 1 is 1.33 bits per heavy atom. The minimum Gasteiger partial charge on any atom is -0.376 e. The van der Waals surface area contributed by atoms with Crippen molar-refractivity contribution in [1.82, 2.24) is 14.7 Å². The highest BCUT2D eigenvalue weighted by Gasteiger charge is 2.30. The summed E-state index contributed by atoms with van der Waals surface area (Å²) in [6.45, 7) is 0.669. The molecule has 1 saturated heterocycles. The molecule has 1 N–H and O–H groups in total. The average Bonchev–Trinajstić information content (AvgIpc) is 3.35. The first-order valence-electron chi connectivity index (χ1n) is 8.86. The smallest absolute Gasteiger partial charge is 0.272 e. The number of thioether (sulfide) groups is 1. The lowest BCUT2D eigenvalue weighted by molar-refractivity contribution is 0.0670. The van der Waals surface area contributed by atoms with Crippen molar-refractivity contribution in [2.24, 2.45) is 0 Å². The zero-order valence-electron chi connectivity index (χ0n) is 14.9. The van der Waals surface area contributed by atoms with Crippen LogP contribution in [0.3, 0.4) is 0 Å². The first-order valence-corrected chi connectivity index (χ1v) is 10.1. The molecule has 140 valence electrons. The average molecular weight is 385 g/mol. The fourth-order valence-corrected chi connectivity index (χ4v) is 4.00. The fraction of sp³-hybridized carbons (Fsp3) is 0.300. The van der Waals surface area contributed by atoms with E-state index in [1.54, 1.807) is 12.1 Å². The monoisotopic (exact) mass is 385 g/mol. The molecule has 0 bridgehead atoms. The molecule has 2 atom stereocenters. The third-order valence-electron chi connectivity index (χ3n) is 4.77. The highest BCUT2D eigenvalue weighted by molar-refractivity contribution is 7.98. The Kier molecular flexibility index (Phi) is 5.13. The van der Waals surface area contributed by atoms with Gasteiger partial charge in [-0.3, -0.25) is 9.20 Å². The van der Waals surface area contributed by atoms with Crippen molar-refractivity contribution >= 4 is 23.2 Å². The van der Waals surface area contributed by atoms with Gasteiger partial charge in [-0.15, -0.1) is 0 Å². The maximum absolute atomic E-state index is 13.3. The van der Waals surface area contributed by atoms with E-state index in [2.05, 4.69) is 10.3 Å². The van der Waals surface area contributed by atoms with Crippen molar-refractivity contribution in [1.29, 1.82) is 0 Å². The quantitative estimate of drug-likeness (QED) is 0.678. The number of aromatic nitrogens is 2. The number of hydrogen-bond acceptors (Lipinski definition) is 4. The molecule has 0 radical (unpaired) electrons. The molecule has 3 aromatic rings. The molecule has 0 saturated carbocycles. The van der Waals surface area contributed by atoms with Crippen molar-refractivity contribution in [2.45, 2.75) is 30.1 Å². The van der Waals surface area contributed by atoms with Crippen LogP contribution >= 0.6 is 11.8 Å². The van der Waals surface area contributed by atoms with Crippen LogP contribution in [-0.4, -0.2) is 34.3 Å². The normalized spacial score (nSPS) is 17.9. The summed E-state index contributed by atoms with van der Waals surface area (Å²) in [5.41, 5.74) is 1.96. The van der Waals surface area contributed by atoms with Gasteiger partial charge in [0, 0.05) is 12.8 Å². The molecule has 4 rings (SSSR count). The molecule has 0 aliphatic carbocycles. The van der Waals surface area contributed by atoms with Crippen molar-refractivity contribution in [3.63, 3.8) is 0 Å². The number of halogens is 1. The number of carbonyl (C=O) groups is 1. The Morgan fingerprint density at radius 3 is 2.85 bits per heavy atom. The molecule has 1 aliphatic heterocycles. The molecule has 5 nitrogen and oxygen atoms in total. The van der Waals surface area contributed by atoms with Crippen LogP contribution in [-0.2, 0) is 4.74 Å². The second kappa shape index (κ2) is 7.70. The van der Waals surface area contributed by atoms with Crippen LogP contribution in [0.2, 0.25) is 0 Å². The number of nitrogens with zero attached hydrogens (tertiary/aromatic N) is 2. The minimum absolute atomic E-state index is 0.131. The van der Waals surface area contributed by atoms with E-state index in [9.17, 15) is 9.18 Å². The molecule has 0 unspecified atom stereocenters. The van der Waals surface area contributed by atoms with Gasteiger partial charge in [0.15, 0.2) is 10.9 Å². The maximum atomic E-state index is 13.3. The standard InChI is InChI=1S/C20H20FN3O2S/c1-27-20-23-18(15-5-2-3-11-24(15)20)19(25)22-17(16-6-4-12-26-16)13-7-9-14(21)10-8-13/h2-3,5,7-11,16-17H,4,6,12H2,1H3,(H,22,25)/t16-,17-/m1/s1. The largest absolute Gasteiger partial charge is 0.376 e. The Labute approximate surface area is 160 Å². The Bertz CT molecular complexity index is 952. The lowest BCUT2D eigenvalue weighted by atomic mass is 9.99. The molecule has 0 spiro atoms. The van der Waals surface area contributed by atoms with Crippen LogP contribution in [0, 0.1) is 5.82 Å². The molecular formula is C20H20FN3O2S. The number of ether oxygens (including phenoxy) is 1. The van der Waals surface area contributed by atoms with Gasteiger partial charge in [0.2, 0.25) is 0 Å². The van der Waals surface area contributed by atoms with Crippen LogP contribution in [0.15, 0.2) is 53.8 Å². The molecule has 27 heavy (non-hydrogen) atoms. The van der Waals surface area contributed by atoms with E-state index in [-0.39, 0.29) is 23.9 Å². The lowest BCUT2D eigenvalue weighted by Gasteiger charge is -2.24. The summed E-state index contributed by atoms with van der Waals surface area (Å²) in [6.07, 6.45) is 5.48. The number of pyridine rings is 1. The van der Waals surface area contributed by atoms with Gasteiger partial charge in [-0.25, -0.2) is 9.37 Å². The third kappa shape index (κ3) is 3.57. The topological polar surface area (TPSA) is 55.6 Å². The van der Waals surface area contributed by atoms with E-state index in [0.29, 0.717) is 12.3 Å². The zero-order valence-corrected chi connectivity index (χ0v) is 15.7. The summed E-state index contributed by atoms with van der Waals surface area (Å²) < 4.78 is 21.1. The van der Waals surface area contributed by atoms with Crippen LogP contribution in [0.5, 0.6) is 0 Å². The van der Waals surface area contributed by atoms with Crippen molar-refractivity contribution in [2.75, 3.05) is 12.9 Å². The molecule has 2 aromatic heterocycles. The van der Waals surface area contributed by atoms with Gasteiger partial charge in [0.05, 0.1) is 17.7 Å². The second-order valence-electron chi connectivity index (χ2n) is 6.46. The number of fused-ring (bicyclic) bond motifs is 1. The van der Waals surface area contributed by atoms with Gasteiger partial charge in [0.1, 0.15) is 5.82 Å². The predicted molar refractivity (Wildman–Crippen MR) is 103 cm³/mol. The Balaban J connectivity index is 1.67. The number of nitrogens with one attached hydrogen (secondary N) is 1. The second-order valence-corrected chi connectivity index (χ2v) is 7.23. The Hall–Kier alpha value is -2.38. The van der Waals surface area contributed by atoms with Gasteiger partial charge in [-0.2, -0.15) is 0 Å². The van der Waals surface area contributed by atoms with Crippen molar-refractivity contribution in [3.8, 4) is 0 Å². The van der Waals surface area contributed by atoms with Gasteiger partial charge < -0.3 is 10.1 Å². The minimum atomic E-state index is -0.348. The first kappa shape index (κ1) is 18.0. The summed E-state index contributed by atoms with van der Waals surface area (Å²) in [6, 6.07) is 11.5. The molecular weight excluding hydrogens is 365 g/mol. The van der Waals surface area contributed by atoms with E-state index in [1.807, 2.05) is 35.1 Å². The molecule has 1 aromatic carbocycles. The fourth-order valence-electron chi connectivity index (χ4n) is 3.46. The number of hydrogen-bond donors (Lipinski definition) is 1. The summed E-state index contributed by atoms with van der Waals surface area (Å²) in [5.74, 6) is -0.565. The van der Waals surface area contributed by atoms with Crippen LogP contribution in [0.25, 0.3) is 5.52 Å². The van der Waals surface area contributed by atoms with E-state index in [4.69, 9.17) is 4.74 Å². The summed E-state index contributed by atoms with van der Waals surface area (Å²) in [7, 11) is 0. The van der Waals surface area contributed by atoms with Crippen molar-refractivity contribution < 1.29 is 13.9 Å². The van der Waals surface area contributed by atoms with Gasteiger partial charge in [-0.1, -0.05) is 30.0 Å². The molecule has 7 heteroatoms. The summed E-state index contributed by atoms with van der Waals surface area (Å²) >= 11 is 1.48. The summed E-state index contributed by atoms with van der Waals surface area (Å²) in [5, 5.41) is 3.82. The number of carbonyl (C=O) groups excluding carboxylic acids is 1. The predicted octanol–water partition coefficient (Wildman–Crippen LogP) is 3.85. The van der Waals surface area contributed by atoms with Gasteiger partial charge >= 0.3 is 0 Å². The first-order chi connectivity index (χ1) is 13.2. The van der Waals surface area contributed by atoms with E-state index in [0.717, 1.165) is 29.1 Å². The highest BCUT2D eigenvalue weighted by Crippen LogP contribution is 2.28. The number of benzene rings is 1. The SMILES string of the molecule is CSc1nc(C(=O)N[C@H](c2ccc(F)cc2)[C@H]2CCCO2)c2ccccn12. The van der Waals surface area contributed by atoms with Gasteiger partial charge in [-0.05, 0) is 48.9 Å². The number of amides is 1. The summed E-state index contributed by atoms with van der Waals surface area (Å²) in [4.78, 5) is 17.6. The molecule has 1 fully saturated rings. The zero-order chi connectivity index (χ0) is 18.8. The van der Waals surface area contributed by atoms with Crippen LogP contribution in [0.1, 0.15) is 34.9 Å². The highest BCUT2D eigenvalue weighted by atomic mass is 32.2. The third-order valence-corrected chi connectivity index (χ3v) is 5.42. The van der Waals surface area contributed by atoms with Crippen LogP contribution in [0.4, 0.5) is 4.39 Å². The Morgan fingerprint density at radius 2 is 2.15 bits per heavy atom. The van der Waals surface area contributed by atoms with Crippen molar-refractivity contribution in [3.05, 3.63) is 65.7 Å². The van der Waals surface area contributed by atoms with Gasteiger partial charge in [0.25, 0.3) is 5.91 Å². The molecule has 1 amide bonds. The molecule has 1 aliphatic rings. The maximum Gasteiger partial charge on any atom is 0.272 e. The van der Waals surface area contributed by atoms with E-state index >= 15 is 0 Å². The number of rotatable bonds is 5. The van der Waals surface area contributed by atoms with Crippen LogP contribution < -0.4 is 5.32 Å². The molecule has 3 heterocycles. The lowest BCUT2D eigenvalue weighted by Crippen LogP contribution is -2.36. The van der Waals surface area contributed by atoms with E-state index < -0.39 is 0 Å².